The SMILES string of the molecule is CC(C)c1nc(C2CCCCCCC2)[nH]c(=O)c1Br. The Kier molecular flexibility index (Phi) is 5.20. The summed E-state index contributed by atoms with van der Waals surface area (Å²) in [5.41, 5.74) is 0.858. The summed E-state index contributed by atoms with van der Waals surface area (Å²) in [6.45, 7) is 4.16. The lowest BCUT2D eigenvalue weighted by molar-refractivity contribution is 0.440. The molecule has 1 aliphatic rings. The lowest BCUT2D eigenvalue weighted by Gasteiger charge is -2.20. The third-order valence-electron chi connectivity index (χ3n) is 3.95. The van der Waals surface area contributed by atoms with E-state index in [0.717, 1.165) is 24.4 Å². The van der Waals surface area contributed by atoms with E-state index in [1.807, 2.05) is 0 Å². The maximum absolute atomic E-state index is 12.0. The third-order valence-corrected chi connectivity index (χ3v) is 4.71. The first-order valence-corrected chi connectivity index (χ1v) is 8.18. The van der Waals surface area contributed by atoms with E-state index in [9.17, 15) is 4.79 Å². The highest BCUT2D eigenvalue weighted by Gasteiger charge is 2.19. The minimum atomic E-state index is -0.0317. The molecule has 1 saturated carbocycles. The van der Waals surface area contributed by atoms with E-state index >= 15 is 0 Å². The first kappa shape index (κ1) is 14.8. The molecule has 19 heavy (non-hydrogen) atoms. The Morgan fingerprint density at radius 2 is 1.74 bits per heavy atom. The van der Waals surface area contributed by atoms with Gasteiger partial charge in [-0.05, 0) is 34.7 Å². The van der Waals surface area contributed by atoms with Crippen molar-refractivity contribution in [3.05, 3.63) is 26.3 Å². The quantitative estimate of drug-likeness (QED) is 0.870. The molecular weight excluding hydrogens is 304 g/mol. The van der Waals surface area contributed by atoms with E-state index in [2.05, 4.69) is 34.8 Å². The Hall–Kier alpha value is -0.640. The van der Waals surface area contributed by atoms with Crippen LogP contribution < -0.4 is 5.56 Å². The fourth-order valence-electron chi connectivity index (χ4n) is 2.80. The lowest BCUT2D eigenvalue weighted by Crippen LogP contribution is -2.19. The van der Waals surface area contributed by atoms with Crippen LogP contribution in [0.25, 0.3) is 0 Å². The number of rotatable bonds is 2. The molecule has 1 fully saturated rings. The van der Waals surface area contributed by atoms with Crippen molar-refractivity contribution in [1.82, 2.24) is 9.97 Å². The molecule has 1 aliphatic carbocycles. The Labute approximate surface area is 123 Å². The lowest BCUT2D eigenvalue weighted by atomic mass is 9.90. The summed E-state index contributed by atoms with van der Waals surface area (Å²) in [7, 11) is 0. The molecule has 4 heteroatoms. The van der Waals surface area contributed by atoms with Crippen LogP contribution in [0.5, 0.6) is 0 Å². The van der Waals surface area contributed by atoms with E-state index in [1.54, 1.807) is 0 Å². The van der Waals surface area contributed by atoms with Crippen molar-refractivity contribution in [1.29, 1.82) is 0 Å². The first-order valence-electron chi connectivity index (χ1n) is 7.39. The van der Waals surface area contributed by atoms with Gasteiger partial charge in [0.1, 0.15) is 10.3 Å². The predicted octanol–water partition coefficient (Wildman–Crippen LogP) is 4.48. The number of hydrogen-bond donors (Lipinski definition) is 1. The number of aromatic amines is 1. The van der Waals surface area contributed by atoms with Crippen LogP contribution in [0.4, 0.5) is 0 Å². The van der Waals surface area contributed by atoms with Gasteiger partial charge in [0.05, 0.1) is 5.69 Å². The van der Waals surface area contributed by atoms with Gasteiger partial charge in [0, 0.05) is 5.92 Å². The fourth-order valence-corrected chi connectivity index (χ4v) is 3.45. The number of aromatic nitrogens is 2. The second-order valence-corrected chi connectivity index (χ2v) is 6.64. The zero-order valence-corrected chi connectivity index (χ0v) is 13.4. The van der Waals surface area contributed by atoms with Crippen molar-refractivity contribution in [2.45, 2.75) is 70.6 Å². The standard InChI is InChI=1S/C15H23BrN2O/c1-10(2)13-12(16)15(19)18-14(17-13)11-8-6-4-3-5-7-9-11/h10-11H,3-9H2,1-2H3,(H,17,18,19). The molecule has 1 aromatic rings. The number of nitrogens with one attached hydrogen (secondary N) is 1. The van der Waals surface area contributed by atoms with Crippen molar-refractivity contribution >= 4 is 15.9 Å². The predicted molar refractivity (Wildman–Crippen MR) is 81.7 cm³/mol. The summed E-state index contributed by atoms with van der Waals surface area (Å²) in [5.74, 6) is 1.60. The van der Waals surface area contributed by atoms with Crippen molar-refractivity contribution in [3.8, 4) is 0 Å². The Bertz CT molecular complexity index is 474. The highest BCUT2D eigenvalue weighted by atomic mass is 79.9. The Morgan fingerprint density at radius 1 is 1.16 bits per heavy atom. The van der Waals surface area contributed by atoms with E-state index in [1.165, 1.54) is 32.1 Å². The van der Waals surface area contributed by atoms with Crippen LogP contribution >= 0.6 is 15.9 Å². The fraction of sp³-hybridized carbons (Fsp3) is 0.733. The molecule has 1 N–H and O–H groups in total. The molecule has 106 valence electrons. The van der Waals surface area contributed by atoms with E-state index in [-0.39, 0.29) is 11.5 Å². The van der Waals surface area contributed by atoms with E-state index in [0.29, 0.717) is 10.4 Å². The average molecular weight is 327 g/mol. The number of H-pyrrole nitrogens is 1. The molecule has 0 aliphatic heterocycles. The maximum Gasteiger partial charge on any atom is 0.265 e. The monoisotopic (exact) mass is 326 g/mol. The molecule has 0 amide bonds. The van der Waals surface area contributed by atoms with Crippen LogP contribution in [-0.2, 0) is 0 Å². The summed E-state index contributed by atoms with van der Waals surface area (Å²) in [6, 6.07) is 0. The van der Waals surface area contributed by atoms with Crippen LogP contribution in [-0.4, -0.2) is 9.97 Å². The van der Waals surface area contributed by atoms with Crippen LogP contribution in [0.3, 0.4) is 0 Å². The van der Waals surface area contributed by atoms with Gasteiger partial charge >= 0.3 is 0 Å². The highest BCUT2D eigenvalue weighted by Crippen LogP contribution is 2.30. The molecule has 0 atom stereocenters. The normalized spacial score (nSPS) is 18.3. The Morgan fingerprint density at radius 3 is 2.32 bits per heavy atom. The van der Waals surface area contributed by atoms with Crippen LogP contribution in [0.15, 0.2) is 9.27 Å². The molecule has 3 nitrogen and oxygen atoms in total. The van der Waals surface area contributed by atoms with Crippen molar-refractivity contribution in [2.24, 2.45) is 0 Å². The molecule has 0 unspecified atom stereocenters. The van der Waals surface area contributed by atoms with E-state index < -0.39 is 0 Å². The largest absolute Gasteiger partial charge is 0.309 e. The van der Waals surface area contributed by atoms with Gasteiger partial charge < -0.3 is 4.98 Å². The van der Waals surface area contributed by atoms with Gasteiger partial charge in [-0.3, -0.25) is 4.79 Å². The molecule has 0 bridgehead atoms. The minimum Gasteiger partial charge on any atom is -0.309 e. The summed E-state index contributed by atoms with van der Waals surface area (Å²) < 4.78 is 0.595. The van der Waals surface area contributed by atoms with Crippen molar-refractivity contribution in [2.75, 3.05) is 0 Å². The molecule has 1 heterocycles. The first-order chi connectivity index (χ1) is 9.09. The molecule has 1 aromatic heterocycles. The third kappa shape index (κ3) is 3.68. The van der Waals surface area contributed by atoms with Crippen LogP contribution in [0.1, 0.15) is 82.1 Å². The summed E-state index contributed by atoms with van der Waals surface area (Å²) in [5, 5.41) is 0. The zero-order valence-electron chi connectivity index (χ0n) is 11.8. The van der Waals surface area contributed by atoms with Crippen molar-refractivity contribution in [3.63, 3.8) is 0 Å². The minimum absolute atomic E-state index is 0.0317. The highest BCUT2D eigenvalue weighted by molar-refractivity contribution is 9.10. The van der Waals surface area contributed by atoms with Crippen molar-refractivity contribution < 1.29 is 0 Å². The second kappa shape index (κ2) is 6.69. The molecule has 2 rings (SSSR count). The summed E-state index contributed by atoms with van der Waals surface area (Å²) >= 11 is 3.36. The molecular formula is C15H23BrN2O. The molecule has 0 aromatic carbocycles. The number of hydrogen-bond acceptors (Lipinski definition) is 2. The van der Waals surface area contributed by atoms with Gasteiger partial charge in [-0.25, -0.2) is 4.98 Å². The van der Waals surface area contributed by atoms with Crippen LogP contribution in [0, 0.1) is 0 Å². The van der Waals surface area contributed by atoms with Gasteiger partial charge in [-0.15, -0.1) is 0 Å². The van der Waals surface area contributed by atoms with Gasteiger partial charge in [-0.1, -0.05) is 46.0 Å². The smallest absolute Gasteiger partial charge is 0.265 e. The molecule has 0 spiro atoms. The number of halogens is 1. The second-order valence-electron chi connectivity index (χ2n) is 5.85. The van der Waals surface area contributed by atoms with Gasteiger partial charge in [0.2, 0.25) is 0 Å². The van der Waals surface area contributed by atoms with Gasteiger partial charge in [-0.2, -0.15) is 0 Å². The maximum atomic E-state index is 12.0. The molecule has 0 radical (unpaired) electrons. The van der Waals surface area contributed by atoms with Gasteiger partial charge in [0.15, 0.2) is 0 Å². The summed E-state index contributed by atoms with van der Waals surface area (Å²) in [6.07, 6.45) is 8.80. The molecule has 0 saturated heterocycles. The zero-order chi connectivity index (χ0) is 13.8. The Balaban J connectivity index is 2.30. The summed E-state index contributed by atoms with van der Waals surface area (Å²) in [4.78, 5) is 19.7. The van der Waals surface area contributed by atoms with Gasteiger partial charge in [0.25, 0.3) is 5.56 Å². The van der Waals surface area contributed by atoms with E-state index in [4.69, 9.17) is 4.98 Å². The number of nitrogens with zero attached hydrogens (tertiary/aromatic N) is 1. The topological polar surface area (TPSA) is 45.8 Å². The average Bonchev–Trinajstić information content (AvgIpc) is 2.32. The van der Waals surface area contributed by atoms with Crippen LogP contribution in [0.2, 0.25) is 0 Å².